The minimum absolute atomic E-state index is 0.117. The molecular formula is C13H18Cl2N2O. The van der Waals surface area contributed by atoms with Gasteiger partial charge in [-0.2, -0.15) is 0 Å². The van der Waals surface area contributed by atoms with Crippen molar-refractivity contribution in [3.8, 4) is 0 Å². The maximum atomic E-state index is 12.0. The molecule has 0 spiro atoms. The maximum absolute atomic E-state index is 12.0. The zero-order chi connectivity index (χ0) is 13.9. The summed E-state index contributed by atoms with van der Waals surface area (Å²) in [4.78, 5) is 14.0. The van der Waals surface area contributed by atoms with Gasteiger partial charge in [-0.1, -0.05) is 23.2 Å². The first-order valence-corrected chi connectivity index (χ1v) is 6.40. The number of nitrogens with one attached hydrogen (secondary N) is 1. The highest BCUT2D eigenvalue weighted by Crippen LogP contribution is 2.21. The molecule has 0 bridgehead atoms. The third-order valence-electron chi connectivity index (χ3n) is 3.07. The van der Waals surface area contributed by atoms with Crippen LogP contribution in [0.15, 0.2) is 18.2 Å². The number of halogens is 2. The van der Waals surface area contributed by atoms with Crippen molar-refractivity contribution < 1.29 is 4.79 Å². The molecule has 0 saturated heterocycles. The molecule has 1 aromatic rings. The van der Waals surface area contributed by atoms with E-state index in [1.165, 1.54) is 0 Å². The summed E-state index contributed by atoms with van der Waals surface area (Å²) in [5.74, 6) is -0.188. The van der Waals surface area contributed by atoms with Crippen molar-refractivity contribution >= 4 is 29.1 Å². The number of rotatable bonds is 4. The predicted molar refractivity (Wildman–Crippen MR) is 76.6 cm³/mol. The third-order valence-corrected chi connectivity index (χ3v) is 3.62. The molecule has 0 atom stereocenters. The topological polar surface area (TPSA) is 32.3 Å². The Morgan fingerprint density at radius 1 is 1.33 bits per heavy atom. The van der Waals surface area contributed by atoms with Gasteiger partial charge in [-0.3, -0.25) is 4.79 Å². The Bertz CT molecular complexity index is 445. The Labute approximate surface area is 118 Å². The second kappa shape index (κ2) is 5.91. The molecule has 0 heterocycles. The molecule has 0 fully saturated rings. The maximum Gasteiger partial charge on any atom is 0.252 e. The number of carbonyl (C=O) groups is 1. The molecule has 3 nitrogen and oxygen atoms in total. The molecule has 1 rings (SSSR count). The molecular weight excluding hydrogens is 271 g/mol. The van der Waals surface area contributed by atoms with Gasteiger partial charge < -0.3 is 10.2 Å². The molecule has 0 aliphatic heterocycles. The highest BCUT2D eigenvalue weighted by Gasteiger charge is 2.21. The number of hydrogen-bond acceptors (Lipinski definition) is 2. The van der Waals surface area contributed by atoms with Crippen molar-refractivity contribution in [2.45, 2.75) is 19.4 Å². The van der Waals surface area contributed by atoms with E-state index < -0.39 is 0 Å². The Kier molecular flexibility index (Phi) is 5.02. The summed E-state index contributed by atoms with van der Waals surface area (Å²) in [6.45, 7) is 4.64. The van der Waals surface area contributed by atoms with Crippen molar-refractivity contribution in [1.82, 2.24) is 10.2 Å². The first kappa shape index (κ1) is 15.3. The van der Waals surface area contributed by atoms with E-state index in [0.29, 0.717) is 22.2 Å². The quantitative estimate of drug-likeness (QED) is 0.924. The molecule has 0 aromatic heterocycles. The standard InChI is InChI=1S/C13H18Cl2N2O/c1-13(2,17(3)4)8-16-12(18)10-6-5-9(14)7-11(10)15/h5-7H,8H2,1-4H3,(H,16,18). The lowest BCUT2D eigenvalue weighted by molar-refractivity contribution is 0.0920. The van der Waals surface area contributed by atoms with Gasteiger partial charge in [0.2, 0.25) is 0 Å². The molecule has 0 aliphatic rings. The van der Waals surface area contributed by atoms with Gasteiger partial charge in [-0.05, 0) is 46.1 Å². The summed E-state index contributed by atoms with van der Waals surface area (Å²) >= 11 is 11.8. The van der Waals surface area contributed by atoms with Gasteiger partial charge >= 0.3 is 0 Å². The second-order valence-electron chi connectivity index (χ2n) is 5.01. The average Bonchev–Trinajstić information content (AvgIpc) is 2.25. The van der Waals surface area contributed by atoms with E-state index in [0.717, 1.165) is 0 Å². The predicted octanol–water partition coefficient (Wildman–Crippen LogP) is 3.06. The monoisotopic (exact) mass is 288 g/mol. The van der Waals surface area contributed by atoms with Gasteiger partial charge in [0.05, 0.1) is 10.6 Å². The van der Waals surface area contributed by atoms with Gasteiger partial charge in [-0.25, -0.2) is 0 Å². The number of likely N-dealkylation sites (N-methyl/N-ethyl adjacent to an activating group) is 1. The van der Waals surface area contributed by atoms with Crippen LogP contribution >= 0.6 is 23.2 Å². The molecule has 5 heteroatoms. The lowest BCUT2D eigenvalue weighted by atomic mass is 10.0. The van der Waals surface area contributed by atoms with E-state index in [1.54, 1.807) is 18.2 Å². The minimum atomic E-state index is -0.188. The normalized spacial score (nSPS) is 11.7. The van der Waals surface area contributed by atoms with Crippen LogP contribution in [0, 0.1) is 0 Å². The second-order valence-corrected chi connectivity index (χ2v) is 5.86. The first-order valence-electron chi connectivity index (χ1n) is 5.65. The minimum Gasteiger partial charge on any atom is -0.350 e. The average molecular weight is 289 g/mol. The number of carbonyl (C=O) groups excluding carboxylic acids is 1. The molecule has 100 valence electrons. The highest BCUT2D eigenvalue weighted by atomic mass is 35.5. The largest absolute Gasteiger partial charge is 0.350 e. The van der Waals surface area contributed by atoms with E-state index >= 15 is 0 Å². The van der Waals surface area contributed by atoms with Crippen molar-refractivity contribution in [2.24, 2.45) is 0 Å². The van der Waals surface area contributed by atoms with Gasteiger partial charge in [0, 0.05) is 17.1 Å². The number of nitrogens with zero attached hydrogens (tertiary/aromatic N) is 1. The van der Waals surface area contributed by atoms with Crippen LogP contribution < -0.4 is 5.32 Å². The Morgan fingerprint density at radius 2 is 1.94 bits per heavy atom. The summed E-state index contributed by atoms with van der Waals surface area (Å²) in [5.41, 5.74) is 0.324. The molecule has 1 N–H and O–H groups in total. The summed E-state index contributed by atoms with van der Waals surface area (Å²) in [5, 5.41) is 3.75. The van der Waals surface area contributed by atoms with Gasteiger partial charge in [-0.15, -0.1) is 0 Å². The van der Waals surface area contributed by atoms with Gasteiger partial charge in [0.15, 0.2) is 0 Å². The van der Waals surface area contributed by atoms with Crippen molar-refractivity contribution in [2.75, 3.05) is 20.6 Å². The van der Waals surface area contributed by atoms with E-state index in [4.69, 9.17) is 23.2 Å². The first-order chi connectivity index (χ1) is 8.24. The fraction of sp³-hybridized carbons (Fsp3) is 0.462. The van der Waals surface area contributed by atoms with Gasteiger partial charge in [0.1, 0.15) is 0 Å². The van der Waals surface area contributed by atoms with Crippen molar-refractivity contribution in [3.63, 3.8) is 0 Å². The number of amides is 1. The molecule has 0 aliphatic carbocycles. The Hall–Kier alpha value is -0.770. The summed E-state index contributed by atoms with van der Waals surface area (Å²) < 4.78 is 0. The van der Waals surface area contributed by atoms with E-state index in [1.807, 2.05) is 14.1 Å². The smallest absolute Gasteiger partial charge is 0.252 e. The highest BCUT2D eigenvalue weighted by molar-refractivity contribution is 6.36. The summed E-state index contributed by atoms with van der Waals surface area (Å²) in [6.07, 6.45) is 0. The van der Waals surface area contributed by atoms with Crippen LogP contribution in [0.2, 0.25) is 10.0 Å². The third kappa shape index (κ3) is 3.87. The van der Waals surface area contributed by atoms with Crippen LogP contribution in [0.3, 0.4) is 0 Å². The van der Waals surface area contributed by atoms with Crippen LogP contribution in [0.4, 0.5) is 0 Å². The Balaban J connectivity index is 2.72. The van der Waals surface area contributed by atoms with Crippen LogP contribution in [0.25, 0.3) is 0 Å². The summed E-state index contributed by atoms with van der Waals surface area (Å²) in [7, 11) is 3.95. The zero-order valence-corrected chi connectivity index (χ0v) is 12.6. The van der Waals surface area contributed by atoms with E-state index in [9.17, 15) is 4.79 Å². The lowest BCUT2D eigenvalue weighted by Gasteiger charge is -2.32. The van der Waals surface area contributed by atoms with Crippen molar-refractivity contribution in [3.05, 3.63) is 33.8 Å². The van der Waals surface area contributed by atoms with E-state index in [2.05, 4.69) is 24.1 Å². The molecule has 1 amide bonds. The molecule has 1 aromatic carbocycles. The Morgan fingerprint density at radius 3 is 2.44 bits per heavy atom. The number of benzene rings is 1. The van der Waals surface area contributed by atoms with Crippen LogP contribution in [0.1, 0.15) is 24.2 Å². The fourth-order valence-electron chi connectivity index (χ4n) is 1.22. The lowest BCUT2D eigenvalue weighted by Crippen LogP contribution is -2.48. The number of hydrogen-bond donors (Lipinski definition) is 1. The van der Waals surface area contributed by atoms with Crippen molar-refractivity contribution in [1.29, 1.82) is 0 Å². The van der Waals surface area contributed by atoms with Crippen LogP contribution in [0.5, 0.6) is 0 Å². The molecule has 18 heavy (non-hydrogen) atoms. The molecule has 0 radical (unpaired) electrons. The fourth-order valence-corrected chi connectivity index (χ4v) is 1.72. The van der Waals surface area contributed by atoms with Gasteiger partial charge in [0.25, 0.3) is 5.91 Å². The molecule has 0 unspecified atom stereocenters. The van der Waals surface area contributed by atoms with E-state index in [-0.39, 0.29) is 11.4 Å². The SMILES string of the molecule is CN(C)C(C)(C)CNC(=O)c1ccc(Cl)cc1Cl. The summed E-state index contributed by atoms with van der Waals surface area (Å²) in [6, 6.07) is 4.84. The zero-order valence-electron chi connectivity index (χ0n) is 11.1. The van der Waals surface area contributed by atoms with Crippen LogP contribution in [-0.2, 0) is 0 Å². The van der Waals surface area contributed by atoms with Crippen LogP contribution in [-0.4, -0.2) is 37.0 Å². The molecule has 0 saturated carbocycles.